The number of amides is 1. The van der Waals surface area contributed by atoms with E-state index >= 15 is 0 Å². The monoisotopic (exact) mass is 283 g/mol. The van der Waals surface area contributed by atoms with E-state index < -0.39 is 0 Å². The van der Waals surface area contributed by atoms with Gasteiger partial charge in [0.25, 0.3) is 11.6 Å². The standard InChI is InChI=1S/C15H13N3O3/c19-15(13-5-1-2-8-16-13)17-9-7-12-11(10-17)4-3-6-14(12)18(20)21/h1-6,8H,7,9-10H2. The molecule has 0 saturated heterocycles. The lowest BCUT2D eigenvalue weighted by Crippen LogP contribution is -2.36. The number of aromatic nitrogens is 1. The Balaban J connectivity index is 1.87. The fraction of sp³-hybridized carbons (Fsp3) is 0.200. The molecule has 0 radical (unpaired) electrons. The van der Waals surface area contributed by atoms with Gasteiger partial charge < -0.3 is 4.90 Å². The Morgan fingerprint density at radius 3 is 2.81 bits per heavy atom. The van der Waals surface area contributed by atoms with Crippen LogP contribution < -0.4 is 0 Å². The highest BCUT2D eigenvalue weighted by atomic mass is 16.6. The molecule has 0 fully saturated rings. The molecule has 0 spiro atoms. The molecular weight excluding hydrogens is 270 g/mol. The summed E-state index contributed by atoms with van der Waals surface area (Å²) in [5.74, 6) is -0.146. The normalized spacial score (nSPS) is 13.6. The van der Waals surface area contributed by atoms with Gasteiger partial charge in [-0.05, 0) is 24.1 Å². The summed E-state index contributed by atoms with van der Waals surface area (Å²) >= 11 is 0. The summed E-state index contributed by atoms with van der Waals surface area (Å²) in [7, 11) is 0. The molecule has 1 aromatic carbocycles. The first kappa shape index (κ1) is 13.2. The van der Waals surface area contributed by atoms with Crippen LogP contribution in [0.5, 0.6) is 0 Å². The molecule has 6 nitrogen and oxygen atoms in total. The Morgan fingerprint density at radius 2 is 2.10 bits per heavy atom. The summed E-state index contributed by atoms with van der Waals surface area (Å²) in [5, 5.41) is 11.0. The fourth-order valence-electron chi connectivity index (χ4n) is 2.58. The molecule has 0 bridgehead atoms. The van der Waals surface area contributed by atoms with Crippen molar-refractivity contribution in [1.82, 2.24) is 9.88 Å². The van der Waals surface area contributed by atoms with Gasteiger partial charge in [0.15, 0.2) is 0 Å². The van der Waals surface area contributed by atoms with E-state index in [1.165, 1.54) is 6.07 Å². The molecule has 6 heteroatoms. The SMILES string of the molecule is O=C(c1ccccn1)N1CCc2c(cccc2[N+](=O)[O-])C1. The van der Waals surface area contributed by atoms with Crippen molar-refractivity contribution in [3.05, 3.63) is 69.5 Å². The molecule has 0 N–H and O–H groups in total. The van der Waals surface area contributed by atoms with Crippen molar-refractivity contribution >= 4 is 11.6 Å². The zero-order chi connectivity index (χ0) is 14.8. The second-order valence-corrected chi connectivity index (χ2v) is 4.86. The Bertz CT molecular complexity index is 701. The van der Waals surface area contributed by atoms with E-state index in [0.29, 0.717) is 25.2 Å². The third-order valence-corrected chi connectivity index (χ3v) is 3.61. The van der Waals surface area contributed by atoms with Crippen LogP contribution in [0.3, 0.4) is 0 Å². The second-order valence-electron chi connectivity index (χ2n) is 4.86. The van der Waals surface area contributed by atoms with Crippen molar-refractivity contribution in [2.75, 3.05) is 6.54 Å². The second kappa shape index (κ2) is 5.32. The molecule has 21 heavy (non-hydrogen) atoms. The molecule has 106 valence electrons. The number of rotatable bonds is 2. The molecule has 0 unspecified atom stereocenters. The topological polar surface area (TPSA) is 76.3 Å². The van der Waals surface area contributed by atoms with E-state index in [-0.39, 0.29) is 16.5 Å². The Labute approximate surface area is 121 Å². The molecule has 1 aliphatic heterocycles. The van der Waals surface area contributed by atoms with Crippen LogP contribution in [-0.2, 0) is 13.0 Å². The van der Waals surface area contributed by atoms with Crippen LogP contribution in [0, 0.1) is 10.1 Å². The van der Waals surface area contributed by atoms with Crippen LogP contribution in [0.25, 0.3) is 0 Å². The molecule has 2 aromatic rings. The number of fused-ring (bicyclic) bond motifs is 1. The molecule has 2 heterocycles. The van der Waals surface area contributed by atoms with Crippen LogP contribution in [0.4, 0.5) is 5.69 Å². The van der Waals surface area contributed by atoms with Gasteiger partial charge in [-0.1, -0.05) is 18.2 Å². The van der Waals surface area contributed by atoms with E-state index in [9.17, 15) is 14.9 Å². The highest BCUT2D eigenvalue weighted by Gasteiger charge is 2.26. The van der Waals surface area contributed by atoms with E-state index in [1.54, 1.807) is 35.4 Å². The van der Waals surface area contributed by atoms with Gasteiger partial charge in [-0.3, -0.25) is 19.9 Å². The predicted octanol–water partition coefficient (Wildman–Crippen LogP) is 2.19. The van der Waals surface area contributed by atoms with Crippen LogP contribution in [-0.4, -0.2) is 27.3 Å². The lowest BCUT2D eigenvalue weighted by Gasteiger charge is -2.28. The molecule has 1 aromatic heterocycles. The van der Waals surface area contributed by atoms with E-state index in [4.69, 9.17) is 0 Å². The Hall–Kier alpha value is -2.76. The van der Waals surface area contributed by atoms with Gasteiger partial charge in [0.05, 0.1) is 4.92 Å². The van der Waals surface area contributed by atoms with Gasteiger partial charge in [-0.25, -0.2) is 0 Å². The van der Waals surface area contributed by atoms with Gasteiger partial charge in [-0.15, -0.1) is 0 Å². The summed E-state index contributed by atoms with van der Waals surface area (Å²) in [4.78, 5) is 28.7. The van der Waals surface area contributed by atoms with E-state index in [2.05, 4.69) is 4.98 Å². The quantitative estimate of drug-likeness (QED) is 0.625. The van der Waals surface area contributed by atoms with E-state index in [0.717, 1.165) is 11.1 Å². The Morgan fingerprint density at radius 1 is 1.24 bits per heavy atom. The van der Waals surface area contributed by atoms with Crippen molar-refractivity contribution in [2.24, 2.45) is 0 Å². The van der Waals surface area contributed by atoms with Crippen molar-refractivity contribution in [2.45, 2.75) is 13.0 Å². The van der Waals surface area contributed by atoms with Gasteiger partial charge in [0.1, 0.15) is 5.69 Å². The lowest BCUT2D eigenvalue weighted by atomic mass is 9.97. The van der Waals surface area contributed by atoms with Crippen molar-refractivity contribution in [3.8, 4) is 0 Å². The summed E-state index contributed by atoms with van der Waals surface area (Å²) < 4.78 is 0. The Kier molecular flexibility index (Phi) is 3.35. The minimum atomic E-state index is -0.366. The largest absolute Gasteiger partial charge is 0.333 e. The maximum Gasteiger partial charge on any atom is 0.272 e. The number of pyridine rings is 1. The van der Waals surface area contributed by atoms with Crippen molar-refractivity contribution in [3.63, 3.8) is 0 Å². The maximum atomic E-state index is 12.4. The average molecular weight is 283 g/mol. The number of carbonyl (C=O) groups is 1. The average Bonchev–Trinajstić information content (AvgIpc) is 2.53. The first-order valence-corrected chi connectivity index (χ1v) is 6.62. The first-order chi connectivity index (χ1) is 10.2. The molecule has 0 aliphatic carbocycles. The highest BCUT2D eigenvalue weighted by molar-refractivity contribution is 5.92. The zero-order valence-electron chi connectivity index (χ0n) is 11.2. The van der Waals surface area contributed by atoms with Gasteiger partial charge in [0.2, 0.25) is 0 Å². The fourth-order valence-corrected chi connectivity index (χ4v) is 2.58. The van der Waals surface area contributed by atoms with Crippen LogP contribution >= 0.6 is 0 Å². The van der Waals surface area contributed by atoms with E-state index in [1.807, 2.05) is 6.07 Å². The number of hydrogen-bond donors (Lipinski definition) is 0. The number of hydrogen-bond acceptors (Lipinski definition) is 4. The minimum Gasteiger partial charge on any atom is -0.333 e. The predicted molar refractivity (Wildman–Crippen MR) is 75.8 cm³/mol. The number of nitro groups is 1. The van der Waals surface area contributed by atoms with Crippen LogP contribution in [0.2, 0.25) is 0 Å². The summed E-state index contributed by atoms with van der Waals surface area (Å²) in [6, 6.07) is 10.2. The van der Waals surface area contributed by atoms with Crippen molar-refractivity contribution < 1.29 is 9.72 Å². The lowest BCUT2D eigenvalue weighted by molar-refractivity contribution is -0.385. The number of carbonyl (C=O) groups excluding carboxylic acids is 1. The number of benzene rings is 1. The third-order valence-electron chi connectivity index (χ3n) is 3.61. The minimum absolute atomic E-state index is 0.137. The highest BCUT2D eigenvalue weighted by Crippen LogP contribution is 2.28. The van der Waals surface area contributed by atoms with Crippen LogP contribution in [0.15, 0.2) is 42.6 Å². The molecule has 0 atom stereocenters. The smallest absolute Gasteiger partial charge is 0.272 e. The molecule has 1 amide bonds. The summed E-state index contributed by atoms with van der Waals surface area (Å²) in [5.41, 5.74) is 2.09. The first-order valence-electron chi connectivity index (χ1n) is 6.62. The van der Waals surface area contributed by atoms with Gasteiger partial charge in [-0.2, -0.15) is 0 Å². The van der Waals surface area contributed by atoms with Crippen molar-refractivity contribution in [1.29, 1.82) is 0 Å². The summed E-state index contributed by atoms with van der Waals surface area (Å²) in [6.45, 7) is 0.847. The molecule has 3 rings (SSSR count). The number of nitrogens with zero attached hydrogens (tertiary/aromatic N) is 3. The molecule has 1 aliphatic rings. The summed E-state index contributed by atoms with van der Waals surface area (Å²) in [6.07, 6.45) is 2.07. The molecular formula is C15H13N3O3. The van der Waals surface area contributed by atoms with Gasteiger partial charge in [0, 0.05) is 30.9 Å². The third kappa shape index (κ3) is 2.47. The number of nitro benzene ring substituents is 1. The zero-order valence-corrected chi connectivity index (χ0v) is 11.2. The van der Waals surface area contributed by atoms with Gasteiger partial charge >= 0.3 is 0 Å². The molecule has 0 saturated carbocycles. The maximum absolute atomic E-state index is 12.4. The van der Waals surface area contributed by atoms with Crippen LogP contribution in [0.1, 0.15) is 21.6 Å².